The second-order valence-electron chi connectivity index (χ2n) is 6.55. The Labute approximate surface area is 140 Å². The first-order chi connectivity index (χ1) is 11.4. The fourth-order valence-corrected chi connectivity index (χ4v) is 3.26. The van der Waals surface area contributed by atoms with Gasteiger partial charge in [0, 0.05) is 18.9 Å². The van der Waals surface area contributed by atoms with Crippen LogP contribution in [-0.4, -0.2) is 17.9 Å². The number of nitrogens with one attached hydrogen (secondary N) is 1. The summed E-state index contributed by atoms with van der Waals surface area (Å²) >= 11 is 0. The number of benzene rings is 1. The van der Waals surface area contributed by atoms with E-state index in [1.807, 2.05) is 0 Å². The molecule has 0 spiro atoms. The highest BCUT2D eigenvalue weighted by Gasteiger charge is 2.21. The van der Waals surface area contributed by atoms with Crippen molar-refractivity contribution in [1.82, 2.24) is 5.32 Å². The van der Waals surface area contributed by atoms with Gasteiger partial charge in [-0.15, -0.1) is 0 Å². The summed E-state index contributed by atoms with van der Waals surface area (Å²) in [6.07, 6.45) is 7.08. The molecule has 1 atom stereocenters. The van der Waals surface area contributed by atoms with E-state index < -0.39 is 23.6 Å². The van der Waals surface area contributed by atoms with Gasteiger partial charge in [-0.3, -0.25) is 9.59 Å². The van der Waals surface area contributed by atoms with Crippen molar-refractivity contribution in [2.45, 2.75) is 57.4 Å². The van der Waals surface area contributed by atoms with Crippen LogP contribution in [0.4, 0.5) is 8.78 Å². The van der Waals surface area contributed by atoms with Crippen molar-refractivity contribution < 1.29 is 18.4 Å². The molecule has 1 aliphatic carbocycles. The van der Waals surface area contributed by atoms with E-state index in [2.05, 4.69) is 5.32 Å². The summed E-state index contributed by atoms with van der Waals surface area (Å²) in [5.74, 6) is -1.85. The number of hydrogen-bond donors (Lipinski definition) is 2. The molecule has 4 nitrogen and oxygen atoms in total. The fraction of sp³-hybridized carbons (Fsp3) is 0.556. The van der Waals surface area contributed by atoms with Crippen LogP contribution in [0.5, 0.6) is 0 Å². The average Bonchev–Trinajstić information content (AvgIpc) is 2.52. The zero-order valence-electron chi connectivity index (χ0n) is 13.7. The van der Waals surface area contributed by atoms with Gasteiger partial charge in [0.25, 0.3) is 0 Å². The SMILES string of the molecule is NC(=O)[C@H](Cc1cc(F)cc(F)c1)NC(=O)CCC1CCCCC1. The molecule has 132 valence electrons. The molecule has 0 aromatic heterocycles. The van der Waals surface area contributed by atoms with Crippen molar-refractivity contribution in [3.05, 3.63) is 35.4 Å². The Hall–Kier alpha value is -1.98. The van der Waals surface area contributed by atoms with Crippen molar-refractivity contribution in [2.24, 2.45) is 11.7 Å². The minimum Gasteiger partial charge on any atom is -0.368 e. The molecule has 1 saturated carbocycles. The zero-order valence-corrected chi connectivity index (χ0v) is 13.7. The van der Waals surface area contributed by atoms with E-state index in [0.717, 1.165) is 37.5 Å². The van der Waals surface area contributed by atoms with E-state index >= 15 is 0 Å². The Morgan fingerprint density at radius 3 is 2.33 bits per heavy atom. The minimum atomic E-state index is -0.968. The van der Waals surface area contributed by atoms with Gasteiger partial charge in [-0.25, -0.2) is 8.78 Å². The van der Waals surface area contributed by atoms with Crippen molar-refractivity contribution >= 4 is 11.8 Å². The predicted molar refractivity (Wildman–Crippen MR) is 87.0 cm³/mol. The van der Waals surface area contributed by atoms with Gasteiger partial charge in [0.15, 0.2) is 0 Å². The molecule has 1 aromatic rings. The molecule has 0 bridgehead atoms. The second kappa shape index (κ2) is 8.76. The summed E-state index contributed by atoms with van der Waals surface area (Å²) in [4.78, 5) is 23.6. The number of rotatable bonds is 7. The summed E-state index contributed by atoms with van der Waals surface area (Å²) in [5.41, 5.74) is 5.59. The lowest BCUT2D eigenvalue weighted by atomic mass is 9.86. The van der Waals surface area contributed by atoms with Gasteiger partial charge >= 0.3 is 0 Å². The third-order valence-electron chi connectivity index (χ3n) is 4.55. The first kappa shape index (κ1) is 18.4. The smallest absolute Gasteiger partial charge is 0.240 e. The van der Waals surface area contributed by atoms with Crippen molar-refractivity contribution in [1.29, 1.82) is 0 Å². The molecule has 6 heteroatoms. The summed E-state index contributed by atoms with van der Waals surface area (Å²) in [7, 11) is 0. The van der Waals surface area contributed by atoms with Crippen LogP contribution >= 0.6 is 0 Å². The van der Waals surface area contributed by atoms with E-state index in [1.165, 1.54) is 19.3 Å². The largest absolute Gasteiger partial charge is 0.368 e. The Balaban J connectivity index is 1.87. The monoisotopic (exact) mass is 338 g/mol. The van der Waals surface area contributed by atoms with E-state index in [0.29, 0.717) is 12.3 Å². The molecule has 2 rings (SSSR count). The van der Waals surface area contributed by atoms with E-state index in [-0.39, 0.29) is 17.9 Å². The van der Waals surface area contributed by atoms with Gasteiger partial charge < -0.3 is 11.1 Å². The highest BCUT2D eigenvalue weighted by atomic mass is 19.1. The molecule has 0 unspecified atom stereocenters. The topological polar surface area (TPSA) is 72.2 Å². The third kappa shape index (κ3) is 5.91. The van der Waals surface area contributed by atoms with Crippen LogP contribution in [-0.2, 0) is 16.0 Å². The molecule has 0 heterocycles. The summed E-state index contributed by atoms with van der Waals surface area (Å²) < 4.78 is 26.5. The van der Waals surface area contributed by atoms with E-state index in [4.69, 9.17) is 5.73 Å². The molecular weight excluding hydrogens is 314 g/mol. The number of halogens is 2. The Morgan fingerprint density at radius 2 is 1.75 bits per heavy atom. The van der Waals surface area contributed by atoms with E-state index in [9.17, 15) is 18.4 Å². The van der Waals surface area contributed by atoms with Crippen LogP contribution < -0.4 is 11.1 Å². The lowest BCUT2D eigenvalue weighted by Gasteiger charge is -2.22. The molecular formula is C18H24F2N2O2. The maximum Gasteiger partial charge on any atom is 0.240 e. The molecule has 1 aromatic carbocycles. The molecule has 2 amide bonds. The molecule has 24 heavy (non-hydrogen) atoms. The summed E-state index contributed by atoms with van der Waals surface area (Å²) in [6, 6.07) is 2.05. The number of nitrogens with two attached hydrogens (primary N) is 1. The van der Waals surface area contributed by atoms with Crippen LogP contribution in [0.15, 0.2) is 18.2 Å². The standard InChI is InChI=1S/C18H24F2N2O2/c19-14-8-13(9-15(20)11-14)10-16(18(21)24)22-17(23)7-6-12-4-2-1-3-5-12/h8-9,11-12,16H,1-7,10H2,(H2,21,24)(H,22,23)/t16-/m0/s1. The predicted octanol–water partition coefficient (Wildman–Crippen LogP) is 2.84. The number of hydrogen-bond acceptors (Lipinski definition) is 2. The Morgan fingerprint density at radius 1 is 1.12 bits per heavy atom. The van der Waals surface area contributed by atoms with Crippen LogP contribution in [0.3, 0.4) is 0 Å². The normalized spacial score (nSPS) is 16.6. The van der Waals surface area contributed by atoms with Crippen LogP contribution in [0.1, 0.15) is 50.5 Å². The van der Waals surface area contributed by atoms with Gasteiger partial charge in [0.2, 0.25) is 11.8 Å². The highest BCUT2D eigenvalue weighted by Crippen LogP contribution is 2.27. The quantitative estimate of drug-likeness (QED) is 0.802. The zero-order chi connectivity index (χ0) is 17.5. The van der Waals surface area contributed by atoms with E-state index in [1.54, 1.807) is 0 Å². The average molecular weight is 338 g/mol. The van der Waals surface area contributed by atoms with Crippen LogP contribution in [0.2, 0.25) is 0 Å². The van der Waals surface area contributed by atoms with Gasteiger partial charge in [-0.05, 0) is 30.0 Å². The number of amides is 2. The Bertz CT molecular complexity index is 566. The third-order valence-corrected chi connectivity index (χ3v) is 4.55. The minimum absolute atomic E-state index is 0.0286. The lowest BCUT2D eigenvalue weighted by Crippen LogP contribution is -2.45. The molecule has 0 saturated heterocycles. The highest BCUT2D eigenvalue weighted by molar-refractivity contribution is 5.86. The molecule has 1 fully saturated rings. The van der Waals surface area contributed by atoms with Crippen LogP contribution in [0, 0.1) is 17.6 Å². The molecule has 0 aliphatic heterocycles. The van der Waals surface area contributed by atoms with Gasteiger partial charge in [0.05, 0.1) is 0 Å². The Kier molecular flexibility index (Phi) is 6.70. The fourth-order valence-electron chi connectivity index (χ4n) is 3.26. The number of carbonyl (C=O) groups excluding carboxylic acids is 2. The maximum atomic E-state index is 13.2. The van der Waals surface area contributed by atoms with Gasteiger partial charge in [-0.2, -0.15) is 0 Å². The lowest BCUT2D eigenvalue weighted by molar-refractivity contribution is -0.127. The van der Waals surface area contributed by atoms with Crippen LogP contribution in [0.25, 0.3) is 0 Å². The molecule has 3 N–H and O–H groups in total. The van der Waals surface area contributed by atoms with Gasteiger partial charge in [-0.1, -0.05) is 32.1 Å². The summed E-state index contributed by atoms with van der Waals surface area (Å²) in [6.45, 7) is 0. The molecule has 1 aliphatic rings. The first-order valence-corrected chi connectivity index (χ1v) is 8.47. The summed E-state index contributed by atoms with van der Waals surface area (Å²) in [5, 5.41) is 2.59. The first-order valence-electron chi connectivity index (χ1n) is 8.47. The van der Waals surface area contributed by atoms with Crippen molar-refractivity contribution in [3.8, 4) is 0 Å². The maximum absolute atomic E-state index is 13.2. The van der Waals surface area contributed by atoms with Gasteiger partial charge in [0.1, 0.15) is 17.7 Å². The second-order valence-corrected chi connectivity index (χ2v) is 6.55. The van der Waals surface area contributed by atoms with Crippen molar-refractivity contribution in [2.75, 3.05) is 0 Å². The van der Waals surface area contributed by atoms with Crippen molar-refractivity contribution in [3.63, 3.8) is 0 Å². The molecule has 0 radical (unpaired) electrons. The number of carbonyl (C=O) groups is 2. The number of primary amides is 1.